The van der Waals surface area contributed by atoms with Gasteiger partial charge in [-0.3, -0.25) is 4.79 Å². The van der Waals surface area contributed by atoms with Gasteiger partial charge in [-0.2, -0.15) is 0 Å². The van der Waals surface area contributed by atoms with Gasteiger partial charge in [-0.1, -0.05) is 0 Å². The van der Waals surface area contributed by atoms with E-state index in [1.165, 1.54) is 6.07 Å². The smallest absolute Gasteiger partial charge is 0.247 e. The lowest BCUT2D eigenvalue weighted by Gasteiger charge is -2.32. The van der Waals surface area contributed by atoms with Gasteiger partial charge < -0.3 is 15.0 Å². The number of nitrogens with one attached hydrogen (secondary N) is 1. The Kier molecular flexibility index (Phi) is 2.93. The van der Waals surface area contributed by atoms with Gasteiger partial charge in [0.2, 0.25) is 5.91 Å². The van der Waals surface area contributed by atoms with Crippen LogP contribution < -0.4 is 10.2 Å². The molecule has 1 N–H and O–H groups in total. The molecule has 0 aromatic heterocycles. The fraction of sp³-hybridized carbons (Fsp3) is 0.417. The molecule has 0 bridgehead atoms. The monoisotopic (exact) mass is 362 g/mol. The largest absolute Gasteiger partial charge is 0.380 e. The topological polar surface area (TPSA) is 41.6 Å². The molecule has 2 unspecified atom stereocenters. The minimum atomic E-state index is -0.259. The number of benzene rings is 1. The molecule has 2 aliphatic rings. The molecular formula is C12H12FIN2O2. The molecule has 1 amide bonds. The second kappa shape index (κ2) is 4.34. The van der Waals surface area contributed by atoms with E-state index in [9.17, 15) is 9.18 Å². The van der Waals surface area contributed by atoms with Crippen LogP contribution in [-0.4, -0.2) is 31.7 Å². The van der Waals surface area contributed by atoms with Crippen LogP contribution in [0.3, 0.4) is 0 Å². The molecule has 2 heterocycles. The first-order valence-corrected chi connectivity index (χ1v) is 6.77. The second-order valence-electron chi connectivity index (χ2n) is 4.53. The summed E-state index contributed by atoms with van der Waals surface area (Å²) in [7, 11) is 1.64. The van der Waals surface area contributed by atoms with E-state index in [0.29, 0.717) is 22.2 Å². The van der Waals surface area contributed by atoms with Gasteiger partial charge in [0, 0.05) is 26.1 Å². The third-order valence-corrected chi connectivity index (χ3v) is 4.33. The van der Waals surface area contributed by atoms with Crippen LogP contribution in [0.2, 0.25) is 0 Å². The van der Waals surface area contributed by atoms with Crippen LogP contribution in [0.1, 0.15) is 6.42 Å². The second-order valence-corrected chi connectivity index (χ2v) is 5.70. The molecule has 1 saturated heterocycles. The Morgan fingerprint density at radius 3 is 3.06 bits per heavy atom. The Morgan fingerprint density at radius 1 is 1.56 bits per heavy atom. The van der Waals surface area contributed by atoms with Crippen molar-refractivity contribution in [1.82, 2.24) is 0 Å². The number of halogens is 2. The molecule has 4 nitrogen and oxygen atoms in total. The lowest BCUT2D eigenvalue weighted by Crippen LogP contribution is -2.44. The van der Waals surface area contributed by atoms with Gasteiger partial charge in [-0.25, -0.2) is 4.39 Å². The number of fused-ring (bicyclic) bond motifs is 3. The number of anilines is 2. The van der Waals surface area contributed by atoms with E-state index in [-0.39, 0.29) is 23.9 Å². The van der Waals surface area contributed by atoms with Crippen molar-refractivity contribution in [2.45, 2.75) is 18.6 Å². The summed E-state index contributed by atoms with van der Waals surface area (Å²) < 4.78 is 19.5. The number of carbonyl (C=O) groups is 1. The van der Waals surface area contributed by atoms with E-state index in [4.69, 9.17) is 4.74 Å². The number of ether oxygens (including phenoxy) is 1. The van der Waals surface area contributed by atoms with E-state index in [1.54, 1.807) is 13.2 Å². The number of amides is 1. The summed E-state index contributed by atoms with van der Waals surface area (Å²) in [5.74, 6) is -0.297. The van der Waals surface area contributed by atoms with Crippen molar-refractivity contribution in [2.75, 3.05) is 23.9 Å². The highest BCUT2D eigenvalue weighted by Gasteiger charge is 2.41. The predicted molar refractivity (Wildman–Crippen MR) is 74.3 cm³/mol. The maximum absolute atomic E-state index is 13.7. The Labute approximate surface area is 118 Å². The zero-order valence-corrected chi connectivity index (χ0v) is 11.9. The average molecular weight is 362 g/mol. The van der Waals surface area contributed by atoms with Gasteiger partial charge in [-0.05, 0) is 28.7 Å². The molecule has 0 aliphatic carbocycles. The number of rotatable bonds is 1. The third-order valence-electron chi connectivity index (χ3n) is 3.50. The molecule has 2 atom stereocenters. The van der Waals surface area contributed by atoms with Gasteiger partial charge in [-0.15, -0.1) is 0 Å². The molecule has 2 aliphatic heterocycles. The summed E-state index contributed by atoms with van der Waals surface area (Å²) in [6, 6.07) is 2.91. The first-order valence-electron chi connectivity index (χ1n) is 5.69. The van der Waals surface area contributed by atoms with E-state index in [0.717, 1.165) is 5.69 Å². The van der Waals surface area contributed by atoms with Crippen molar-refractivity contribution >= 4 is 39.9 Å². The quantitative estimate of drug-likeness (QED) is 0.777. The Hall–Kier alpha value is -0.890. The zero-order chi connectivity index (χ0) is 12.9. The summed E-state index contributed by atoms with van der Waals surface area (Å²) in [6.45, 7) is 0.627. The van der Waals surface area contributed by atoms with Crippen LogP contribution in [0, 0.1) is 9.39 Å². The number of hydrogen-bond acceptors (Lipinski definition) is 3. The Bertz CT molecular complexity index is 523. The zero-order valence-electron chi connectivity index (χ0n) is 9.74. The van der Waals surface area contributed by atoms with Crippen molar-refractivity contribution in [3.8, 4) is 0 Å². The summed E-state index contributed by atoms with van der Waals surface area (Å²) in [4.78, 5) is 13.9. The molecular weight excluding hydrogens is 350 g/mol. The highest BCUT2D eigenvalue weighted by molar-refractivity contribution is 14.1. The third kappa shape index (κ3) is 1.78. The summed E-state index contributed by atoms with van der Waals surface area (Å²) >= 11 is 1.92. The first kappa shape index (κ1) is 12.2. The van der Waals surface area contributed by atoms with E-state index in [2.05, 4.69) is 5.32 Å². The Morgan fingerprint density at radius 2 is 2.33 bits per heavy atom. The number of hydrogen-bond donors (Lipinski definition) is 1. The standard InChI is InChI=1S/C12H12FIN2O2/c1-18-6-2-11-12(17)15-9-4-8(14)7(13)3-10(9)16(11)5-6/h3-4,6,11H,2,5H2,1H3,(H,15,17). The maximum Gasteiger partial charge on any atom is 0.247 e. The van der Waals surface area contributed by atoms with E-state index in [1.807, 2.05) is 27.5 Å². The summed E-state index contributed by atoms with van der Waals surface area (Å²) in [6.07, 6.45) is 0.670. The SMILES string of the molecule is COC1CC2C(=O)Nc3cc(I)c(F)cc3N2C1. The molecule has 3 rings (SSSR count). The molecule has 0 saturated carbocycles. The van der Waals surface area contributed by atoms with Crippen LogP contribution in [0.25, 0.3) is 0 Å². The highest BCUT2D eigenvalue weighted by atomic mass is 127. The van der Waals surface area contributed by atoms with E-state index < -0.39 is 0 Å². The van der Waals surface area contributed by atoms with Crippen LogP contribution in [0.4, 0.5) is 15.8 Å². The van der Waals surface area contributed by atoms with Gasteiger partial charge in [0.05, 0.1) is 21.0 Å². The fourth-order valence-corrected chi connectivity index (χ4v) is 3.04. The lowest BCUT2D eigenvalue weighted by molar-refractivity contribution is -0.117. The van der Waals surface area contributed by atoms with Crippen LogP contribution >= 0.6 is 22.6 Å². The van der Waals surface area contributed by atoms with Gasteiger partial charge >= 0.3 is 0 Å². The molecule has 6 heteroatoms. The predicted octanol–water partition coefficient (Wildman–Crippen LogP) is 1.98. The minimum Gasteiger partial charge on any atom is -0.380 e. The lowest BCUT2D eigenvalue weighted by atomic mass is 10.1. The van der Waals surface area contributed by atoms with Crippen molar-refractivity contribution in [3.63, 3.8) is 0 Å². The Balaban J connectivity index is 2.05. The molecule has 0 spiro atoms. The summed E-state index contributed by atoms with van der Waals surface area (Å²) in [5.41, 5.74) is 1.43. The van der Waals surface area contributed by atoms with Crippen molar-refractivity contribution < 1.29 is 13.9 Å². The normalized spacial score (nSPS) is 25.7. The number of nitrogens with zero attached hydrogens (tertiary/aromatic N) is 1. The molecule has 96 valence electrons. The maximum atomic E-state index is 13.7. The molecule has 18 heavy (non-hydrogen) atoms. The molecule has 1 aromatic rings. The number of methoxy groups -OCH3 is 1. The van der Waals surface area contributed by atoms with Crippen molar-refractivity contribution in [1.29, 1.82) is 0 Å². The van der Waals surface area contributed by atoms with Crippen molar-refractivity contribution in [2.24, 2.45) is 0 Å². The highest BCUT2D eigenvalue weighted by Crippen LogP contribution is 2.38. The van der Waals surface area contributed by atoms with Gasteiger partial charge in [0.25, 0.3) is 0 Å². The molecule has 1 fully saturated rings. The van der Waals surface area contributed by atoms with E-state index >= 15 is 0 Å². The van der Waals surface area contributed by atoms with Crippen LogP contribution in [-0.2, 0) is 9.53 Å². The minimum absolute atomic E-state index is 0.0223. The summed E-state index contributed by atoms with van der Waals surface area (Å²) in [5, 5.41) is 2.84. The number of carbonyl (C=O) groups excluding carboxylic acids is 1. The average Bonchev–Trinajstić information content (AvgIpc) is 2.77. The molecule has 0 radical (unpaired) electrons. The van der Waals surface area contributed by atoms with Gasteiger partial charge in [0.1, 0.15) is 11.9 Å². The van der Waals surface area contributed by atoms with Crippen molar-refractivity contribution in [3.05, 3.63) is 21.5 Å². The van der Waals surface area contributed by atoms with Crippen LogP contribution in [0.15, 0.2) is 12.1 Å². The van der Waals surface area contributed by atoms with Crippen LogP contribution in [0.5, 0.6) is 0 Å². The first-order chi connectivity index (χ1) is 8.60. The van der Waals surface area contributed by atoms with Gasteiger partial charge in [0.15, 0.2) is 0 Å². The molecule has 1 aromatic carbocycles. The fourth-order valence-electron chi connectivity index (χ4n) is 2.57.